The van der Waals surface area contributed by atoms with Gasteiger partial charge in [-0.2, -0.15) is 0 Å². The molecule has 2 aromatic rings. The summed E-state index contributed by atoms with van der Waals surface area (Å²) < 4.78 is 5.76. The number of ether oxygens (including phenoxy) is 1. The van der Waals surface area contributed by atoms with Crippen molar-refractivity contribution in [3.05, 3.63) is 53.9 Å². The van der Waals surface area contributed by atoms with E-state index in [4.69, 9.17) is 10.5 Å². The Hall–Kier alpha value is -2.44. The molecule has 0 spiro atoms. The summed E-state index contributed by atoms with van der Waals surface area (Å²) in [6, 6.07) is 10.2. The van der Waals surface area contributed by atoms with Crippen molar-refractivity contribution in [2.45, 2.75) is 31.8 Å². The number of benzene rings is 1. The quantitative estimate of drug-likeness (QED) is 0.712. The van der Waals surface area contributed by atoms with Gasteiger partial charge in [-0.25, -0.2) is 0 Å². The molecule has 6 nitrogen and oxygen atoms in total. The van der Waals surface area contributed by atoms with Crippen LogP contribution in [0.5, 0.6) is 11.5 Å². The van der Waals surface area contributed by atoms with Gasteiger partial charge >= 0.3 is 0 Å². The van der Waals surface area contributed by atoms with Gasteiger partial charge in [-0.05, 0) is 63.2 Å². The SMILES string of the molecule is CN1CCCC1CCNCc1ccc(Oc2ccncc2C(N)=O)cc1. The summed E-state index contributed by atoms with van der Waals surface area (Å²) in [4.78, 5) is 17.8. The van der Waals surface area contributed by atoms with Gasteiger partial charge in [0.1, 0.15) is 17.1 Å². The second kappa shape index (κ2) is 8.78. The molecule has 1 unspecified atom stereocenters. The third kappa shape index (κ3) is 4.80. The summed E-state index contributed by atoms with van der Waals surface area (Å²) >= 11 is 0. The molecule has 138 valence electrons. The van der Waals surface area contributed by atoms with E-state index in [1.54, 1.807) is 12.3 Å². The van der Waals surface area contributed by atoms with Gasteiger partial charge in [-0.1, -0.05) is 12.1 Å². The Balaban J connectivity index is 1.48. The number of primary amides is 1. The van der Waals surface area contributed by atoms with E-state index in [-0.39, 0.29) is 5.56 Å². The summed E-state index contributed by atoms with van der Waals surface area (Å²) in [5.41, 5.74) is 6.81. The van der Waals surface area contributed by atoms with Crippen molar-refractivity contribution >= 4 is 5.91 Å². The largest absolute Gasteiger partial charge is 0.456 e. The third-order valence-electron chi connectivity index (χ3n) is 4.85. The predicted molar refractivity (Wildman–Crippen MR) is 101 cm³/mol. The van der Waals surface area contributed by atoms with E-state index in [2.05, 4.69) is 22.2 Å². The van der Waals surface area contributed by atoms with Crippen LogP contribution in [-0.2, 0) is 6.54 Å². The number of aromatic nitrogens is 1. The molecule has 1 fully saturated rings. The predicted octanol–water partition coefficient (Wildman–Crippen LogP) is 2.55. The zero-order valence-corrected chi connectivity index (χ0v) is 15.1. The van der Waals surface area contributed by atoms with Crippen LogP contribution < -0.4 is 15.8 Å². The second-order valence-electron chi connectivity index (χ2n) is 6.72. The van der Waals surface area contributed by atoms with Crippen molar-refractivity contribution in [3.63, 3.8) is 0 Å². The number of nitrogens with two attached hydrogens (primary N) is 1. The minimum atomic E-state index is -0.554. The number of likely N-dealkylation sites (tertiary alicyclic amines) is 1. The van der Waals surface area contributed by atoms with Crippen LogP contribution in [-0.4, -0.2) is 42.0 Å². The van der Waals surface area contributed by atoms with E-state index in [1.165, 1.54) is 37.6 Å². The number of carbonyl (C=O) groups excluding carboxylic acids is 1. The maximum atomic E-state index is 11.4. The minimum Gasteiger partial charge on any atom is -0.456 e. The van der Waals surface area contributed by atoms with Gasteiger partial charge in [0.15, 0.2) is 0 Å². The third-order valence-corrected chi connectivity index (χ3v) is 4.85. The monoisotopic (exact) mass is 354 g/mol. The van der Waals surface area contributed by atoms with Crippen LogP contribution >= 0.6 is 0 Å². The summed E-state index contributed by atoms with van der Waals surface area (Å²) in [7, 11) is 2.21. The molecular formula is C20H26N4O2. The highest BCUT2D eigenvalue weighted by Gasteiger charge is 2.19. The fraction of sp³-hybridized carbons (Fsp3) is 0.400. The summed E-state index contributed by atoms with van der Waals surface area (Å²) in [5.74, 6) is 0.524. The number of hydrogen-bond donors (Lipinski definition) is 2. The first-order chi connectivity index (χ1) is 12.6. The zero-order valence-electron chi connectivity index (χ0n) is 15.1. The number of pyridine rings is 1. The van der Waals surface area contributed by atoms with Crippen molar-refractivity contribution in [2.75, 3.05) is 20.1 Å². The average molecular weight is 354 g/mol. The molecule has 2 heterocycles. The lowest BCUT2D eigenvalue weighted by Crippen LogP contribution is -2.28. The highest BCUT2D eigenvalue weighted by molar-refractivity contribution is 5.95. The molecule has 26 heavy (non-hydrogen) atoms. The normalized spacial score (nSPS) is 17.3. The van der Waals surface area contributed by atoms with Crippen LogP contribution in [0.2, 0.25) is 0 Å². The van der Waals surface area contributed by atoms with E-state index in [1.807, 2.05) is 24.3 Å². The Bertz CT molecular complexity index is 733. The Kier molecular flexibility index (Phi) is 6.20. The number of nitrogens with one attached hydrogen (secondary N) is 1. The molecule has 0 bridgehead atoms. The first kappa shape index (κ1) is 18.4. The van der Waals surface area contributed by atoms with Gasteiger partial charge in [-0.15, -0.1) is 0 Å². The van der Waals surface area contributed by atoms with Crippen LogP contribution in [0.15, 0.2) is 42.7 Å². The molecule has 1 saturated heterocycles. The van der Waals surface area contributed by atoms with Crippen molar-refractivity contribution in [2.24, 2.45) is 5.73 Å². The van der Waals surface area contributed by atoms with E-state index < -0.39 is 5.91 Å². The summed E-state index contributed by atoms with van der Waals surface area (Å²) in [5, 5.41) is 3.51. The molecule has 1 aliphatic rings. The lowest BCUT2D eigenvalue weighted by molar-refractivity contribution is 0.0997. The molecule has 3 rings (SSSR count). The number of carbonyl (C=O) groups is 1. The van der Waals surface area contributed by atoms with Gasteiger partial charge in [-0.3, -0.25) is 9.78 Å². The van der Waals surface area contributed by atoms with Crippen LogP contribution in [0.3, 0.4) is 0 Å². The Morgan fingerprint density at radius 3 is 2.85 bits per heavy atom. The average Bonchev–Trinajstić information content (AvgIpc) is 3.05. The Labute approximate surface area is 154 Å². The van der Waals surface area contributed by atoms with Gasteiger partial charge in [0, 0.05) is 25.0 Å². The van der Waals surface area contributed by atoms with Gasteiger partial charge in [0.05, 0.1) is 0 Å². The minimum absolute atomic E-state index is 0.273. The van der Waals surface area contributed by atoms with Crippen molar-refractivity contribution in [1.82, 2.24) is 15.2 Å². The molecule has 1 aromatic carbocycles. The number of amides is 1. The van der Waals surface area contributed by atoms with E-state index in [0.29, 0.717) is 11.5 Å². The maximum Gasteiger partial charge on any atom is 0.254 e. The molecule has 6 heteroatoms. The molecule has 1 aliphatic heterocycles. The van der Waals surface area contributed by atoms with Gasteiger partial charge in [0.2, 0.25) is 0 Å². The van der Waals surface area contributed by atoms with Crippen LogP contribution in [0.25, 0.3) is 0 Å². The molecule has 0 radical (unpaired) electrons. The lowest BCUT2D eigenvalue weighted by Gasteiger charge is -2.19. The van der Waals surface area contributed by atoms with Crippen molar-refractivity contribution < 1.29 is 9.53 Å². The van der Waals surface area contributed by atoms with Crippen LogP contribution in [0.1, 0.15) is 35.2 Å². The second-order valence-corrected chi connectivity index (χ2v) is 6.72. The molecular weight excluding hydrogens is 328 g/mol. The Morgan fingerprint density at radius 1 is 1.35 bits per heavy atom. The highest BCUT2D eigenvalue weighted by atomic mass is 16.5. The molecule has 1 amide bonds. The fourth-order valence-electron chi connectivity index (χ4n) is 3.30. The van der Waals surface area contributed by atoms with Gasteiger partial charge < -0.3 is 20.7 Å². The number of hydrogen-bond acceptors (Lipinski definition) is 5. The van der Waals surface area contributed by atoms with E-state index in [9.17, 15) is 4.79 Å². The maximum absolute atomic E-state index is 11.4. The molecule has 0 aliphatic carbocycles. The van der Waals surface area contributed by atoms with E-state index in [0.717, 1.165) is 19.1 Å². The molecule has 1 aromatic heterocycles. The molecule has 3 N–H and O–H groups in total. The first-order valence-corrected chi connectivity index (χ1v) is 9.05. The molecule has 1 atom stereocenters. The number of nitrogens with zero attached hydrogens (tertiary/aromatic N) is 2. The summed E-state index contributed by atoms with van der Waals surface area (Å²) in [6.07, 6.45) is 6.80. The topological polar surface area (TPSA) is 80.5 Å². The zero-order chi connectivity index (χ0) is 18.4. The first-order valence-electron chi connectivity index (χ1n) is 9.05. The number of rotatable bonds is 8. The highest BCUT2D eigenvalue weighted by Crippen LogP contribution is 2.24. The standard InChI is InChI=1S/C20H26N4O2/c1-24-12-2-3-16(24)8-10-22-13-15-4-6-17(7-5-15)26-19-9-11-23-14-18(19)20(21)25/h4-7,9,11,14,16,22H,2-3,8,10,12-13H2,1H3,(H2,21,25). The lowest BCUT2D eigenvalue weighted by atomic mass is 10.1. The Morgan fingerprint density at radius 2 is 2.15 bits per heavy atom. The fourth-order valence-corrected chi connectivity index (χ4v) is 3.30. The van der Waals surface area contributed by atoms with Crippen LogP contribution in [0.4, 0.5) is 0 Å². The van der Waals surface area contributed by atoms with Crippen molar-refractivity contribution in [3.8, 4) is 11.5 Å². The summed E-state index contributed by atoms with van der Waals surface area (Å²) in [6.45, 7) is 3.08. The van der Waals surface area contributed by atoms with Crippen LogP contribution in [0, 0.1) is 0 Å². The van der Waals surface area contributed by atoms with Gasteiger partial charge in [0.25, 0.3) is 5.91 Å². The molecule has 0 saturated carbocycles. The van der Waals surface area contributed by atoms with E-state index >= 15 is 0 Å². The smallest absolute Gasteiger partial charge is 0.254 e. The van der Waals surface area contributed by atoms with Crippen molar-refractivity contribution in [1.29, 1.82) is 0 Å².